The molecule has 0 saturated carbocycles. The van der Waals surface area contributed by atoms with E-state index < -0.39 is 0 Å². The highest BCUT2D eigenvalue weighted by Crippen LogP contribution is 2.26. The summed E-state index contributed by atoms with van der Waals surface area (Å²) in [6.45, 7) is 4.96. The van der Waals surface area contributed by atoms with E-state index in [-0.39, 0.29) is 5.82 Å². The quantitative estimate of drug-likeness (QED) is 0.694. The maximum Gasteiger partial charge on any atom is 0.229 e. The Morgan fingerprint density at radius 2 is 1.71 bits per heavy atom. The van der Waals surface area contributed by atoms with Crippen molar-refractivity contribution in [1.29, 1.82) is 0 Å². The Balaban J connectivity index is 1.45. The van der Waals surface area contributed by atoms with Crippen molar-refractivity contribution in [3.8, 4) is 0 Å². The maximum absolute atomic E-state index is 14.0. The summed E-state index contributed by atoms with van der Waals surface area (Å²) in [5.41, 5.74) is 2.49. The number of rotatable bonds is 4. The van der Waals surface area contributed by atoms with Crippen molar-refractivity contribution in [2.24, 2.45) is 0 Å². The number of piperazine rings is 1. The van der Waals surface area contributed by atoms with Crippen LogP contribution in [-0.2, 0) is 0 Å². The number of para-hydroxylation sites is 1. The fourth-order valence-electron chi connectivity index (χ4n) is 3.33. The topological polar surface area (TPSA) is 44.3 Å². The third kappa shape index (κ3) is 3.87. The molecule has 1 aliphatic heterocycles. The van der Waals surface area contributed by atoms with Crippen LogP contribution in [-0.4, -0.2) is 36.1 Å². The zero-order chi connectivity index (χ0) is 19.5. The molecule has 1 aromatic heterocycles. The standard InChI is InChI=1S/C21H21ClFN5/c1-15-16(22)5-4-7-18(15)25-21-24-10-9-20(26-21)28-13-11-27(12-14-28)19-8-3-2-6-17(19)23/h2-10H,11-14H2,1H3,(H,24,25,26). The molecule has 144 valence electrons. The lowest BCUT2D eigenvalue weighted by molar-refractivity contribution is 0.596. The van der Waals surface area contributed by atoms with Crippen molar-refractivity contribution in [3.05, 3.63) is 71.1 Å². The molecule has 0 bridgehead atoms. The van der Waals surface area contributed by atoms with Crippen LogP contribution in [0.5, 0.6) is 0 Å². The first-order valence-corrected chi connectivity index (χ1v) is 9.59. The van der Waals surface area contributed by atoms with Crippen LogP contribution in [0.25, 0.3) is 0 Å². The minimum Gasteiger partial charge on any atom is -0.366 e. The van der Waals surface area contributed by atoms with Crippen LogP contribution in [0.3, 0.4) is 0 Å². The average Bonchev–Trinajstić information content (AvgIpc) is 2.72. The van der Waals surface area contributed by atoms with E-state index >= 15 is 0 Å². The van der Waals surface area contributed by atoms with Gasteiger partial charge in [-0.2, -0.15) is 4.98 Å². The van der Waals surface area contributed by atoms with Gasteiger partial charge in [0.2, 0.25) is 5.95 Å². The van der Waals surface area contributed by atoms with Gasteiger partial charge in [-0.05, 0) is 42.8 Å². The first-order chi connectivity index (χ1) is 13.6. The van der Waals surface area contributed by atoms with E-state index in [0.29, 0.717) is 16.7 Å². The van der Waals surface area contributed by atoms with Crippen LogP contribution >= 0.6 is 11.6 Å². The summed E-state index contributed by atoms with van der Waals surface area (Å²) in [5.74, 6) is 1.20. The van der Waals surface area contributed by atoms with Gasteiger partial charge in [-0.15, -0.1) is 0 Å². The van der Waals surface area contributed by atoms with E-state index in [0.717, 1.165) is 43.2 Å². The summed E-state index contributed by atoms with van der Waals surface area (Å²) in [6, 6.07) is 14.5. The number of aromatic nitrogens is 2. The Bertz CT molecular complexity index is 973. The highest BCUT2D eigenvalue weighted by molar-refractivity contribution is 6.31. The second kappa shape index (κ2) is 8.02. The monoisotopic (exact) mass is 397 g/mol. The first kappa shape index (κ1) is 18.5. The number of benzene rings is 2. The van der Waals surface area contributed by atoms with Crippen LogP contribution in [0.2, 0.25) is 5.02 Å². The molecule has 5 nitrogen and oxygen atoms in total. The summed E-state index contributed by atoms with van der Waals surface area (Å²) >= 11 is 6.19. The minimum atomic E-state index is -0.179. The maximum atomic E-state index is 14.0. The molecular weight excluding hydrogens is 377 g/mol. The van der Waals surface area contributed by atoms with Crippen LogP contribution in [0.1, 0.15) is 5.56 Å². The normalized spacial score (nSPS) is 14.2. The number of nitrogens with one attached hydrogen (secondary N) is 1. The number of hydrogen-bond donors (Lipinski definition) is 1. The van der Waals surface area contributed by atoms with Gasteiger partial charge in [-0.3, -0.25) is 0 Å². The Morgan fingerprint density at radius 3 is 2.50 bits per heavy atom. The Labute approximate surface area is 168 Å². The van der Waals surface area contributed by atoms with Crippen molar-refractivity contribution >= 4 is 34.7 Å². The molecule has 0 unspecified atom stereocenters. The van der Waals surface area contributed by atoms with Crippen LogP contribution in [0.15, 0.2) is 54.7 Å². The van der Waals surface area contributed by atoms with Gasteiger partial charge in [0.15, 0.2) is 0 Å². The number of hydrogen-bond acceptors (Lipinski definition) is 5. The van der Waals surface area contributed by atoms with E-state index in [1.54, 1.807) is 12.3 Å². The van der Waals surface area contributed by atoms with E-state index in [9.17, 15) is 4.39 Å². The molecule has 4 rings (SSSR count). The Hall–Kier alpha value is -2.86. The second-order valence-electron chi connectivity index (χ2n) is 6.70. The summed E-state index contributed by atoms with van der Waals surface area (Å²) in [5, 5.41) is 3.94. The summed E-state index contributed by atoms with van der Waals surface area (Å²) in [7, 11) is 0. The van der Waals surface area contributed by atoms with E-state index in [2.05, 4.69) is 25.1 Å². The van der Waals surface area contributed by atoms with Gasteiger partial charge in [0.25, 0.3) is 0 Å². The fraction of sp³-hybridized carbons (Fsp3) is 0.238. The fourth-order valence-corrected chi connectivity index (χ4v) is 3.51. The lowest BCUT2D eigenvalue weighted by atomic mass is 10.2. The smallest absolute Gasteiger partial charge is 0.229 e. The summed E-state index contributed by atoms with van der Waals surface area (Å²) in [6.07, 6.45) is 1.74. The number of halogens is 2. The molecule has 1 saturated heterocycles. The highest BCUT2D eigenvalue weighted by atomic mass is 35.5. The van der Waals surface area contributed by atoms with Gasteiger partial charge in [0.1, 0.15) is 11.6 Å². The Morgan fingerprint density at radius 1 is 0.964 bits per heavy atom. The van der Waals surface area contributed by atoms with Gasteiger partial charge < -0.3 is 15.1 Å². The van der Waals surface area contributed by atoms with Crippen molar-refractivity contribution in [2.75, 3.05) is 41.3 Å². The first-order valence-electron chi connectivity index (χ1n) is 9.21. The third-order valence-corrected chi connectivity index (χ3v) is 5.36. The van der Waals surface area contributed by atoms with Crippen LogP contribution in [0, 0.1) is 12.7 Å². The molecule has 3 aromatic rings. The summed E-state index contributed by atoms with van der Waals surface area (Å²) in [4.78, 5) is 13.2. The second-order valence-corrected chi connectivity index (χ2v) is 7.11. The zero-order valence-corrected chi connectivity index (χ0v) is 16.3. The molecule has 0 atom stereocenters. The van der Waals surface area contributed by atoms with E-state index in [4.69, 9.17) is 11.6 Å². The van der Waals surface area contributed by atoms with Crippen LogP contribution < -0.4 is 15.1 Å². The molecular formula is C21H21ClFN5. The van der Waals surface area contributed by atoms with Crippen molar-refractivity contribution in [3.63, 3.8) is 0 Å². The zero-order valence-electron chi connectivity index (χ0n) is 15.6. The lowest BCUT2D eigenvalue weighted by Gasteiger charge is -2.36. The van der Waals surface area contributed by atoms with Gasteiger partial charge in [0, 0.05) is 43.1 Å². The predicted molar refractivity (Wildman–Crippen MR) is 112 cm³/mol. The van der Waals surface area contributed by atoms with Gasteiger partial charge in [-0.25, -0.2) is 9.37 Å². The Kier molecular flexibility index (Phi) is 5.30. The molecule has 7 heteroatoms. The lowest BCUT2D eigenvalue weighted by Crippen LogP contribution is -2.47. The van der Waals surface area contributed by atoms with Crippen molar-refractivity contribution < 1.29 is 4.39 Å². The number of anilines is 4. The van der Waals surface area contributed by atoms with Crippen molar-refractivity contribution in [2.45, 2.75) is 6.92 Å². The molecule has 2 heterocycles. The molecule has 1 fully saturated rings. The SMILES string of the molecule is Cc1c(Cl)cccc1Nc1nccc(N2CCN(c3ccccc3F)CC2)n1. The van der Waals surface area contributed by atoms with Gasteiger partial charge >= 0.3 is 0 Å². The van der Waals surface area contributed by atoms with Crippen molar-refractivity contribution in [1.82, 2.24) is 9.97 Å². The molecule has 0 amide bonds. The molecule has 1 N–H and O–H groups in total. The van der Waals surface area contributed by atoms with E-state index in [1.807, 2.05) is 43.3 Å². The molecule has 0 spiro atoms. The molecule has 2 aromatic carbocycles. The molecule has 28 heavy (non-hydrogen) atoms. The molecule has 0 aliphatic carbocycles. The predicted octanol–water partition coefficient (Wildman–Crippen LogP) is 4.65. The third-order valence-electron chi connectivity index (χ3n) is 4.95. The molecule has 0 radical (unpaired) electrons. The minimum absolute atomic E-state index is 0.179. The van der Waals surface area contributed by atoms with Gasteiger partial charge in [-0.1, -0.05) is 29.8 Å². The molecule has 1 aliphatic rings. The van der Waals surface area contributed by atoms with Gasteiger partial charge in [0.05, 0.1) is 5.69 Å². The average molecular weight is 398 g/mol. The number of nitrogens with zero attached hydrogens (tertiary/aromatic N) is 4. The van der Waals surface area contributed by atoms with E-state index in [1.165, 1.54) is 6.07 Å². The largest absolute Gasteiger partial charge is 0.366 e. The summed E-state index contributed by atoms with van der Waals surface area (Å²) < 4.78 is 14.0. The van der Waals surface area contributed by atoms with Crippen LogP contribution in [0.4, 0.5) is 27.5 Å². The highest BCUT2D eigenvalue weighted by Gasteiger charge is 2.20.